The van der Waals surface area contributed by atoms with Crippen LogP contribution in [0, 0.1) is 5.92 Å². The van der Waals surface area contributed by atoms with Gasteiger partial charge in [-0.2, -0.15) is 0 Å². The van der Waals surface area contributed by atoms with Crippen molar-refractivity contribution in [3.8, 4) is 0 Å². The Hall–Kier alpha value is -1.61. The molecule has 1 amide bonds. The summed E-state index contributed by atoms with van der Waals surface area (Å²) < 4.78 is 0. The van der Waals surface area contributed by atoms with Crippen molar-refractivity contribution in [2.45, 2.75) is 13.8 Å². The number of carbonyl (C=O) groups is 1. The highest BCUT2D eigenvalue weighted by atomic mass is 16.2. The number of hydrogen-bond donors (Lipinski definition) is 0. The number of hydrazine groups is 1. The Morgan fingerprint density at radius 2 is 1.94 bits per heavy atom. The first-order valence-electron chi connectivity index (χ1n) is 6.36. The molecule has 1 aromatic rings. The van der Waals surface area contributed by atoms with Gasteiger partial charge in [-0.3, -0.25) is 9.80 Å². The van der Waals surface area contributed by atoms with Gasteiger partial charge in [0.05, 0.1) is 0 Å². The van der Waals surface area contributed by atoms with Crippen LogP contribution < -0.4 is 0 Å². The molecule has 1 aromatic carbocycles. The number of hydrogen-bond acceptors (Lipinski definition) is 2. The van der Waals surface area contributed by atoms with E-state index in [9.17, 15) is 4.79 Å². The fourth-order valence-corrected chi connectivity index (χ4v) is 2.14. The van der Waals surface area contributed by atoms with E-state index < -0.39 is 0 Å². The molecule has 0 radical (unpaired) electrons. The van der Waals surface area contributed by atoms with Crippen molar-refractivity contribution in [1.82, 2.24) is 10.0 Å². The summed E-state index contributed by atoms with van der Waals surface area (Å²) in [6.45, 7) is 5.47. The number of benzene rings is 1. The van der Waals surface area contributed by atoms with Crippen molar-refractivity contribution in [3.05, 3.63) is 42.0 Å². The van der Waals surface area contributed by atoms with Gasteiger partial charge in [-0.15, -0.1) is 0 Å². The summed E-state index contributed by atoms with van der Waals surface area (Å²) in [5, 5.41) is 3.82. The summed E-state index contributed by atoms with van der Waals surface area (Å²) >= 11 is 0. The molecule has 0 saturated carbocycles. The van der Waals surface area contributed by atoms with E-state index in [4.69, 9.17) is 0 Å². The summed E-state index contributed by atoms with van der Waals surface area (Å²) in [5.74, 6) is 0.202. The van der Waals surface area contributed by atoms with E-state index in [1.165, 1.54) is 11.1 Å². The van der Waals surface area contributed by atoms with Crippen molar-refractivity contribution in [2.75, 3.05) is 20.1 Å². The maximum absolute atomic E-state index is 11.9. The van der Waals surface area contributed by atoms with Crippen LogP contribution in [0.15, 0.2) is 36.4 Å². The Labute approximate surface area is 109 Å². The summed E-state index contributed by atoms with van der Waals surface area (Å²) in [5.41, 5.74) is 2.53. The molecule has 96 valence electrons. The first-order valence-corrected chi connectivity index (χ1v) is 6.36. The van der Waals surface area contributed by atoms with Crippen LogP contribution in [-0.2, 0) is 4.79 Å². The zero-order valence-corrected chi connectivity index (χ0v) is 11.3. The monoisotopic (exact) mass is 244 g/mol. The van der Waals surface area contributed by atoms with Crippen molar-refractivity contribution >= 4 is 11.5 Å². The highest BCUT2D eigenvalue weighted by Crippen LogP contribution is 2.21. The van der Waals surface area contributed by atoms with Gasteiger partial charge in [0, 0.05) is 26.1 Å². The molecule has 0 unspecified atom stereocenters. The Kier molecular flexibility index (Phi) is 3.82. The molecule has 0 spiro atoms. The summed E-state index contributed by atoms with van der Waals surface area (Å²) in [7, 11) is 1.85. The number of amides is 1. The zero-order chi connectivity index (χ0) is 13.1. The quantitative estimate of drug-likeness (QED) is 0.815. The first-order chi connectivity index (χ1) is 8.59. The van der Waals surface area contributed by atoms with Crippen LogP contribution in [0.2, 0.25) is 0 Å². The molecular weight excluding hydrogens is 224 g/mol. The molecule has 0 N–H and O–H groups in total. The van der Waals surface area contributed by atoms with E-state index in [0.29, 0.717) is 0 Å². The average Bonchev–Trinajstić information content (AvgIpc) is 2.87. The zero-order valence-electron chi connectivity index (χ0n) is 11.3. The molecular formula is C15H20N2O. The largest absolute Gasteiger partial charge is 0.278 e. The third-order valence-corrected chi connectivity index (χ3v) is 3.28. The maximum atomic E-state index is 11.9. The van der Waals surface area contributed by atoms with Crippen molar-refractivity contribution in [1.29, 1.82) is 0 Å². The lowest BCUT2D eigenvalue weighted by molar-refractivity contribution is -0.146. The fourth-order valence-electron chi connectivity index (χ4n) is 2.14. The second kappa shape index (κ2) is 5.36. The van der Waals surface area contributed by atoms with Gasteiger partial charge in [0.25, 0.3) is 0 Å². The lowest BCUT2D eigenvalue weighted by Gasteiger charge is -2.29. The number of carbonyl (C=O) groups excluding carboxylic acids is 1. The second-order valence-electron chi connectivity index (χ2n) is 4.96. The molecule has 2 rings (SSSR count). The molecule has 18 heavy (non-hydrogen) atoms. The Morgan fingerprint density at radius 3 is 2.56 bits per heavy atom. The van der Waals surface area contributed by atoms with E-state index in [1.807, 2.05) is 39.1 Å². The molecule has 0 saturated heterocycles. The molecule has 0 atom stereocenters. The topological polar surface area (TPSA) is 23.6 Å². The molecule has 1 aliphatic heterocycles. The van der Waals surface area contributed by atoms with Crippen LogP contribution in [0.4, 0.5) is 0 Å². The number of nitrogens with zero attached hydrogens (tertiary/aromatic N) is 2. The van der Waals surface area contributed by atoms with Crippen molar-refractivity contribution < 1.29 is 4.79 Å². The minimum atomic E-state index is 0.0378. The summed E-state index contributed by atoms with van der Waals surface area (Å²) in [6, 6.07) is 10.3. The predicted octanol–water partition coefficient (Wildman–Crippen LogP) is 2.42. The normalized spacial score (nSPS) is 15.9. The fraction of sp³-hybridized carbons (Fsp3) is 0.400. The first kappa shape index (κ1) is 12.8. The number of rotatable bonds is 3. The summed E-state index contributed by atoms with van der Waals surface area (Å²) in [4.78, 5) is 11.9. The molecule has 1 heterocycles. The van der Waals surface area contributed by atoms with Gasteiger partial charge in [0.15, 0.2) is 0 Å². The minimum absolute atomic E-state index is 0.0378. The van der Waals surface area contributed by atoms with Gasteiger partial charge in [-0.05, 0) is 11.1 Å². The SMILES string of the molecule is CC(C)C(=O)N(C)N1CC=C(c2ccccc2)C1. The van der Waals surface area contributed by atoms with E-state index in [2.05, 4.69) is 23.2 Å². The maximum Gasteiger partial charge on any atom is 0.239 e. The second-order valence-corrected chi connectivity index (χ2v) is 4.96. The Balaban J connectivity index is 2.02. The highest BCUT2D eigenvalue weighted by molar-refractivity contribution is 5.78. The average molecular weight is 244 g/mol. The predicted molar refractivity (Wildman–Crippen MR) is 73.6 cm³/mol. The van der Waals surface area contributed by atoms with Crippen LogP contribution in [0.25, 0.3) is 5.57 Å². The van der Waals surface area contributed by atoms with Crippen LogP contribution in [0.5, 0.6) is 0 Å². The van der Waals surface area contributed by atoms with Crippen LogP contribution >= 0.6 is 0 Å². The summed E-state index contributed by atoms with van der Waals surface area (Å²) in [6.07, 6.45) is 2.19. The van der Waals surface area contributed by atoms with E-state index in [-0.39, 0.29) is 11.8 Å². The molecule has 3 heteroatoms. The van der Waals surface area contributed by atoms with Gasteiger partial charge in [-0.1, -0.05) is 50.3 Å². The molecule has 0 fully saturated rings. The van der Waals surface area contributed by atoms with Gasteiger partial charge in [0.2, 0.25) is 5.91 Å². The van der Waals surface area contributed by atoms with Gasteiger partial charge in [-0.25, -0.2) is 5.01 Å². The molecule has 3 nitrogen and oxygen atoms in total. The van der Waals surface area contributed by atoms with Gasteiger partial charge in [0.1, 0.15) is 0 Å². The van der Waals surface area contributed by atoms with Crippen LogP contribution in [-0.4, -0.2) is 36.1 Å². The van der Waals surface area contributed by atoms with E-state index >= 15 is 0 Å². The molecule has 0 aliphatic carbocycles. The smallest absolute Gasteiger partial charge is 0.239 e. The minimum Gasteiger partial charge on any atom is -0.278 e. The van der Waals surface area contributed by atoms with Crippen molar-refractivity contribution in [2.24, 2.45) is 5.92 Å². The van der Waals surface area contributed by atoms with Crippen LogP contribution in [0.1, 0.15) is 19.4 Å². The standard InChI is InChI=1S/C15H20N2O/c1-12(2)15(18)16(3)17-10-9-14(11-17)13-7-5-4-6-8-13/h4-9,12H,10-11H2,1-3H3. The Morgan fingerprint density at radius 1 is 1.28 bits per heavy atom. The van der Waals surface area contributed by atoms with E-state index in [1.54, 1.807) is 5.01 Å². The lowest BCUT2D eigenvalue weighted by Crippen LogP contribution is -2.44. The molecule has 1 aliphatic rings. The van der Waals surface area contributed by atoms with Crippen molar-refractivity contribution in [3.63, 3.8) is 0 Å². The molecule has 0 bridgehead atoms. The van der Waals surface area contributed by atoms with E-state index in [0.717, 1.165) is 13.1 Å². The third kappa shape index (κ3) is 2.62. The Bertz CT molecular complexity index is 451. The third-order valence-electron chi connectivity index (χ3n) is 3.28. The van der Waals surface area contributed by atoms with Crippen LogP contribution in [0.3, 0.4) is 0 Å². The van der Waals surface area contributed by atoms with Gasteiger partial charge < -0.3 is 0 Å². The highest BCUT2D eigenvalue weighted by Gasteiger charge is 2.23. The lowest BCUT2D eigenvalue weighted by atomic mass is 10.1. The van der Waals surface area contributed by atoms with Gasteiger partial charge >= 0.3 is 0 Å². The molecule has 0 aromatic heterocycles.